The third kappa shape index (κ3) is 44.5. The van der Waals surface area contributed by atoms with Crippen molar-refractivity contribution in [3.63, 3.8) is 0 Å². The van der Waals surface area contributed by atoms with Gasteiger partial charge in [-0.3, -0.25) is 7.32 Å². The molecular formula is BBaLiO3Tb. The second kappa shape index (κ2) is 16.2. The molecule has 0 unspecified atom stereocenters. The van der Waals surface area contributed by atoms with Gasteiger partial charge in [0.1, 0.15) is 0 Å². The summed E-state index contributed by atoms with van der Waals surface area (Å²) >= 11 is 0. The second-order valence-electron chi connectivity index (χ2n) is 0.289. The average Bonchev–Trinajstić information content (AvgIpc) is 0.811. The van der Waals surface area contributed by atoms with Gasteiger partial charge in [-0.1, -0.05) is 0 Å². The number of hydrogen-bond donors (Lipinski definition) is 0. The minimum atomic E-state index is -2.92. The molecule has 0 N–H and O–H groups in total. The molecule has 0 aliphatic rings. The van der Waals surface area contributed by atoms with Crippen LogP contribution >= 0.6 is 0 Å². The molecule has 0 atom stereocenters. The van der Waals surface area contributed by atoms with Gasteiger partial charge in [0.2, 0.25) is 0 Å². The van der Waals surface area contributed by atoms with E-state index in [9.17, 15) is 0 Å². The molecule has 3 nitrogen and oxygen atoms in total. The normalized spacial score (nSPS) is 3.86. The largest absolute Gasteiger partial charge is 2.00 e. The molecule has 0 heterocycles. The van der Waals surface area contributed by atoms with E-state index in [-0.39, 0.29) is 106 Å². The average molecular weight is 362 g/mol. The fraction of sp³-hybridized carbons (Fsp3) is 0. The third-order valence-electron chi connectivity index (χ3n) is 0. The van der Waals surface area contributed by atoms with Crippen LogP contribution in [0.4, 0.5) is 0 Å². The van der Waals surface area contributed by atoms with Gasteiger partial charge in [0.05, 0.1) is 0 Å². The van der Waals surface area contributed by atoms with Crippen LogP contribution in [-0.4, -0.2) is 56.2 Å². The van der Waals surface area contributed by atoms with Crippen molar-refractivity contribution in [2.75, 3.05) is 0 Å². The van der Waals surface area contributed by atoms with Gasteiger partial charge in [-0.15, -0.1) is 0 Å². The van der Waals surface area contributed by atoms with Gasteiger partial charge < -0.3 is 15.1 Å². The molecule has 33 valence electrons. The van der Waals surface area contributed by atoms with Crippen LogP contribution < -0.4 is 33.9 Å². The first kappa shape index (κ1) is 22.4. The van der Waals surface area contributed by atoms with E-state index in [0.717, 1.165) is 0 Å². The zero-order chi connectivity index (χ0) is 3.58. The van der Waals surface area contributed by atoms with Crippen molar-refractivity contribution >= 4 is 56.2 Å². The SMILES string of the molecule is [Ba+2].[Li+].[O-]B([O-])[O-].[Tb]. The minimum absolute atomic E-state index is 0. The standard InChI is InChI=1S/BO3.Ba.Li.Tb/c2-1(3)4;;;/q-3;+2;+1;. The van der Waals surface area contributed by atoms with Crippen LogP contribution in [0, 0.1) is 38.6 Å². The van der Waals surface area contributed by atoms with Crippen molar-refractivity contribution in [1.29, 1.82) is 0 Å². The Kier molecular flexibility index (Phi) is 51.9. The van der Waals surface area contributed by atoms with E-state index in [1.165, 1.54) is 0 Å². The molecule has 0 rings (SSSR count). The molecule has 0 aromatic heterocycles. The van der Waals surface area contributed by atoms with E-state index < -0.39 is 7.32 Å². The summed E-state index contributed by atoms with van der Waals surface area (Å²) in [6.45, 7) is 0. The molecule has 0 aliphatic carbocycles. The van der Waals surface area contributed by atoms with Crippen molar-refractivity contribution in [3.8, 4) is 0 Å². The summed E-state index contributed by atoms with van der Waals surface area (Å²) in [6.07, 6.45) is 0. The molecule has 0 bridgehead atoms. The summed E-state index contributed by atoms with van der Waals surface area (Å²) in [7, 11) is -2.92. The molecule has 0 amide bonds. The molecule has 7 heavy (non-hydrogen) atoms. The predicted octanol–water partition coefficient (Wildman–Crippen LogP) is -7.32. The zero-order valence-corrected chi connectivity index (χ0v) is 10.4. The van der Waals surface area contributed by atoms with Crippen molar-refractivity contribution in [3.05, 3.63) is 0 Å². The Morgan fingerprint density at radius 1 is 1.00 bits per heavy atom. The van der Waals surface area contributed by atoms with Crippen LogP contribution in [0.2, 0.25) is 0 Å². The maximum absolute atomic E-state index is 8.42. The molecule has 0 saturated carbocycles. The van der Waals surface area contributed by atoms with Crippen molar-refractivity contribution in [2.45, 2.75) is 0 Å². The Morgan fingerprint density at radius 2 is 1.00 bits per heavy atom. The summed E-state index contributed by atoms with van der Waals surface area (Å²) < 4.78 is 0. The monoisotopic (exact) mass is 363 g/mol. The first-order valence-electron chi connectivity index (χ1n) is 0.707. The first-order valence-corrected chi connectivity index (χ1v) is 0.707. The van der Waals surface area contributed by atoms with Gasteiger partial charge in [-0.05, 0) is 0 Å². The molecule has 7 heteroatoms. The first-order chi connectivity index (χ1) is 1.73. The Balaban J connectivity index is -0.0000000150. The van der Waals surface area contributed by atoms with Gasteiger partial charge >= 0.3 is 67.7 Å². The van der Waals surface area contributed by atoms with Crippen molar-refractivity contribution in [1.82, 2.24) is 0 Å². The smallest absolute Gasteiger partial charge is 0.907 e. The molecule has 0 aromatic carbocycles. The Labute approximate surface area is 125 Å². The van der Waals surface area contributed by atoms with Gasteiger partial charge in [0.15, 0.2) is 0 Å². The van der Waals surface area contributed by atoms with Crippen LogP contribution in [0.1, 0.15) is 0 Å². The topological polar surface area (TPSA) is 69.2 Å². The minimum Gasteiger partial charge on any atom is -0.907 e. The molecule has 1 radical (unpaired) electrons. The van der Waals surface area contributed by atoms with Crippen molar-refractivity contribution < 1.29 is 72.5 Å². The molecular weight excluding hydrogens is 362 g/mol. The van der Waals surface area contributed by atoms with Crippen LogP contribution in [0.25, 0.3) is 0 Å². The van der Waals surface area contributed by atoms with E-state index in [4.69, 9.17) is 15.1 Å². The Bertz CT molecular complexity index is 19.7. The summed E-state index contributed by atoms with van der Waals surface area (Å²) in [6, 6.07) is 0. The fourth-order valence-electron chi connectivity index (χ4n) is 0. The number of hydrogen-bond acceptors (Lipinski definition) is 3. The zero-order valence-electron chi connectivity index (χ0n) is 3.84. The van der Waals surface area contributed by atoms with E-state index >= 15 is 0 Å². The Hall–Kier alpha value is 3.40. The van der Waals surface area contributed by atoms with Crippen LogP contribution in [-0.2, 0) is 0 Å². The second-order valence-corrected chi connectivity index (χ2v) is 0.289. The van der Waals surface area contributed by atoms with Gasteiger partial charge in [-0.25, -0.2) is 0 Å². The molecule has 0 aromatic rings. The summed E-state index contributed by atoms with van der Waals surface area (Å²) in [5, 5.41) is 25.2. The Morgan fingerprint density at radius 3 is 1.00 bits per heavy atom. The summed E-state index contributed by atoms with van der Waals surface area (Å²) in [4.78, 5) is 0. The summed E-state index contributed by atoms with van der Waals surface area (Å²) in [5.41, 5.74) is 0. The van der Waals surface area contributed by atoms with Crippen LogP contribution in [0.3, 0.4) is 0 Å². The van der Waals surface area contributed by atoms with Crippen LogP contribution in [0.15, 0.2) is 0 Å². The third-order valence-corrected chi connectivity index (χ3v) is 0. The van der Waals surface area contributed by atoms with Gasteiger partial charge in [-0.2, -0.15) is 0 Å². The molecule has 0 fully saturated rings. The van der Waals surface area contributed by atoms with Crippen LogP contribution in [0.5, 0.6) is 0 Å². The summed E-state index contributed by atoms with van der Waals surface area (Å²) in [5.74, 6) is 0. The van der Waals surface area contributed by atoms with E-state index in [1.807, 2.05) is 0 Å². The molecule has 0 aliphatic heterocycles. The quantitative estimate of drug-likeness (QED) is 0.402. The van der Waals surface area contributed by atoms with E-state index in [2.05, 4.69) is 0 Å². The number of rotatable bonds is 0. The van der Waals surface area contributed by atoms with Gasteiger partial charge in [0.25, 0.3) is 0 Å². The molecule has 0 saturated heterocycles. The maximum Gasteiger partial charge on any atom is 2.00 e. The molecule has 0 spiro atoms. The van der Waals surface area contributed by atoms with Crippen molar-refractivity contribution in [2.24, 2.45) is 0 Å². The fourth-order valence-corrected chi connectivity index (χ4v) is 0. The van der Waals surface area contributed by atoms with E-state index in [1.54, 1.807) is 0 Å². The maximum atomic E-state index is 8.42. The van der Waals surface area contributed by atoms with E-state index in [0.29, 0.717) is 0 Å². The van der Waals surface area contributed by atoms with Gasteiger partial charge in [0, 0.05) is 38.6 Å². The predicted molar refractivity (Wildman–Crippen MR) is 11.5 cm³/mol.